The molecule has 0 fully saturated rings. The van der Waals surface area contributed by atoms with Crippen molar-refractivity contribution in [3.63, 3.8) is 0 Å². The second kappa shape index (κ2) is 4.04. The largest absolute Gasteiger partial charge is 0.318 e. The van der Waals surface area contributed by atoms with Gasteiger partial charge in [0.1, 0.15) is 12.5 Å². The quantitative estimate of drug-likeness (QED) is 0.716. The number of hydrogen-bond acceptors (Lipinski definition) is 3. The number of fused-ring (bicyclic) bond motifs is 1. The highest BCUT2D eigenvalue weighted by Gasteiger charge is 2.27. The third-order valence-electron chi connectivity index (χ3n) is 3.01. The van der Waals surface area contributed by atoms with Crippen molar-refractivity contribution in [3.05, 3.63) is 54.3 Å². The molecule has 0 unspecified atom stereocenters. The Bertz CT molecular complexity index is 633. The van der Waals surface area contributed by atoms with Gasteiger partial charge < -0.3 is 4.90 Å². The van der Waals surface area contributed by atoms with Gasteiger partial charge in [0.05, 0.1) is 17.1 Å². The van der Waals surface area contributed by atoms with Gasteiger partial charge >= 0.3 is 0 Å². The topological polar surface area (TPSA) is 30.3 Å². The average Bonchev–Trinajstić information content (AvgIpc) is 2.78. The number of anilines is 3. The molecule has 0 aromatic heterocycles. The van der Waals surface area contributed by atoms with Crippen LogP contribution in [0.3, 0.4) is 0 Å². The number of halogens is 1. The Kier molecular flexibility index (Phi) is 2.38. The molecule has 18 heavy (non-hydrogen) atoms. The molecule has 2 aromatic rings. The van der Waals surface area contributed by atoms with Crippen molar-refractivity contribution in [3.8, 4) is 6.19 Å². The van der Waals surface area contributed by atoms with Crippen molar-refractivity contribution in [1.29, 1.82) is 5.26 Å². The van der Waals surface area contributed by atoms with Crippen molar-refractivity contribution in [2.45, 2.75) is 0 Å². The lowest BCUT2D eigenvalue weighted by Crippen LogP contribution is -2.24. The van der Waals surface area contributed by atoms with Gasteiger partial charge in [-0.15, -0.1) is 0 Å². The Balaban J connectivity index is 2.12. The summed E-state index contributed by atoms with van der Waals surface area (Å²) in [5.74, 6) is -0.285. The summed E-state index contributed by atoms with van der Waals surface area (Å²) in [4.78, 5) is 3.34. The minimum absolute atomic E-state index is 0.285. The molecule has 0 bridgehead atoms. The number of rotatable bonds is 1. The summed E-state index contributed by atoms with van der Waals surface area (Å²) in [6, 6.07) is 14.1. The monoisotopic (exact) mass is 239 g/mol. The van der Waals surface area contributed by atoms with E-state index in [2.05, 4.69) is 6.19 Å². The van der Waals surface area contributed by atoms with Crippen LogP contribution in [0.2, 0.25) is 0 Å². The summed E-state index contributed by atoms with van der Waals surface area (Å²) < 4.78 is 13.8. The van der Waals surface area contributed by atoms with Gasteiger partial charge in [-0.25, -0.2) is 4.39 Å². The fourth-order valence-corrected chi connectivity index (χ4v) is 2.18. The van der Waals surface area contributed by atoms with E-state index in [4.69, 9.17) is 5.26 Å². The zero-order chi connectivity index (χ0) is 12.5. The fourth-order valence-electron chi connectivity index (χ4n) is 2.18. The van der Waals surface area contributed by atoms with Crippen LogP contribution in [0, 0.1) is 17.3 Å². The first-order valence-corrected chi connectivity index (χ1v) is 5.59. The Morgan fingerprint density at radius 1 is 0.944 bits per heavy atom. The van der Waals surface area contributed by atoms with E-state index in [0.29, 0.717) is 12.4 Å². The van der Waals surface area contributed by atoms with E-state index in [0.717, 1.165) is 11.4 Å². The molecule has 1 aliphatic heterocycles. The fraction of sp³-hybridized carbons (Fsp3) is 0.0714. The first-order chi connectivity index (χ1) is 8.81. The van der Waals surface area contributed by atoms with Crippen molar-refractivity contribution < 1.29 is 4.39 Å². The van der Waals surface area contributed by atoms with Gasteiger partial charge in [-0.1, -0.05) is 24.3 Å². The van der Waals surface area contributed by atoms with Crippen LogP contribution < -0.4 is 9.80 Å². The zero-order valence-electron chi connectivity index (χ0n) is 9.55. The first-order valence-electron chi connectivity index (χ1n) is 5.59. The molecule has 3 nitrogen and oxygen atoms in total. The maximum atomic E-state index is 13.8. The molecule has 1 heterocycles. The Hall–Kier alpha value is -2.54. The zero-order valence-corrected chi connectivity index (χ0v) is 9.55. The second-order valence-corrected chi connectivity index (χ2v) is 4.04. The van der Waals surface area contributed by atoms with Gasteiger partial charge in [-0.05, 0) is 24.3 Å². The number of hydrogen-bond donors (Lipinski definition) is 0. The molecule has 0 N–H and O–H groups in total. The molecule has 0 saturated carbocycles. The van der Waals surface area contributed by atoms with Crippen molar-refractivity contribution in [1.82, 2.24) is 0 Å². The number of nitrogens with zero attached hydrogens (tertiary/aromatic N) is 3. The van der Waals surface area contributed by atoms with Crippen LogP contribution >= 0.6 is 0 Å². The van der Waals surface area contributed by atoms with Crippen molar-refractivity contribution >= 4 is 17.1 Å². The van der Waals surface area contributed by atoms with Gasteiger partial charge in [0.2, 0.25) is 0 Å². The summed E-state index contributed by atoms with van der Waals surface area (Å²) in [6.45, 7) is 0.344. The standard InChI is InChI=1S/C14H10FN3/c15-11-5-1-2-6-12(11)18-10-17(9-16)13-7-3-4-8-14(13)18/h1-8H,10H2. The molecule has 88 valence electrons. The predicted octanol–water partition coefficient (Wildman–Crippen LogP) is 3.22. The van der Waals surface area contributed by atoms with Crippen LogP contribution in [0.5, 0.6) is 0 Å². The smallest absolute Gasteiger partial charge is 0.186 e. The SMILES string of the molecule is N#CN1CN(c2ccccc2F)c2ccccc21. The lowest BCUT2D eigenvalue weighted by molar-refractivity contribution is 0.626. The highest BCUT2D eigenvalue weighted by molar-refractivity contribution is 5.83. The second-order valence-electron chi connectivity index (χ2n) is 4.04. The average molecular weight is 239 g/mol. The maximum Gasteiger partial charge on any atom is 0.186 e. The summed E-state index contributed by atoms with van der Waals surface area (Å²) in [5, 5.41) is 9.10. The van der Waals surface area contributed by atoms with E-state index in [-0.39, 0.29) is 5.82 Å². The normalized spacial score (nSPS) is 13.3. The summed E-state index contributed by atoms with van der Waals surface area (Å²) in [7, 11) is 0. The molecular formula is C14H10FN3. The molecule has 2 aromatic carbocycles. The Morgan fingerprint density at radius 3 is 2.22 bits per heavy atom. The molecule has 0 saturated heterocycles. The molecule has 0 radical (unpaired) electrons. The Labute approximate surface area is 104 Å². The third kappa shape index (κ3) is 1.49. The van der Waals surface area contributed by atoms with E-state index in [1.54, 1.807) is 28.0 Å². The molecular weight excluding hydrogens is 229 g/mol. The number of benzene rings is 2. The molecule has 0 amide bonds. The molecule has 0 spiro atoms. The van der Waals surface area contributed by atoms with Gasteiger partial charge in [0.15, 0.2) is 6.19 Å². The Morgan fingerprint density at radius 2 is 1.56 bits per heavy atom. The van der Waals surface area contributed by atoms with Gasteiger partial charge in [-0.3, -0.25) is 4.90 Å². The molecule has 3 rings (SSSR count). The van der Waals surface area contributed by atoms with Crippen LogP contribution in [0.4, 0.5) is 21.5 Å². The van der Waals surface area contributed by atoms with E-state index in [1.165, 1.54) is 6.07 Å². The highest BCUT2D eigenvalue weighted by atomic mass is 19.1. The van der Waals surface area contributed by atoms with Crippen LogP contribution in [-0.4, -0.2) is 6.67 Å². The first kappa shape index (κ1) is 10.6. The van der Waals surface area contributed by atoms with Crippen LogP contribution in [-0.2, 0) is 0 Å². The van der Waals surface area contributed by atoms with Crippen molar-refractivity contribution in [2.75, 3.05) is 16.5 Å². The van der Waals surface area contributed by atoms with E-state index >= 15 is 0 Å². The minimum atomic E-state index is -0.285. The van der Waals surface area contributed by atoms with E-state index in [9.17, 15) is 4.39 Å². The lowest BCUT2D eigenvalue weighted by Gasteiger charge is -2.18. The van der Waals surface area contributed by atoms with E-state index < -0.39 is 0 Å². The van der Waals surface area contributed by atoms with Gasteiger partial charge in [0, 0.05) is 0 Å². The maximum absolute atomic E-state index is 13.8. The van der Waals surface area contributed by atoms with Crippen molar-refractivity contribution in [2.24, 2.45) is 0 Å². The highest BCUT2D eigenvalue weighted by Crippen LogP contribution is 2.40. The number of para-hydroxylation sites is 3. The molecule has 0 atom stereocenters. The minimum Gasteiger partial charge on any atom is -0.318 e. The van der Waals surface area contributed by atoms with E-state index in [1.807, 2.05) is 24.3 Å². The summed E-state index contributed by atoms with van der Waals surface area (Å²) in [5.41, 5.74) is 2.15. The molecule has 0 aliphatic carbocycles. The predicted molar refractivity (Wildman–Crippen MR) is 67.9 cm³/mol. The lowest BCUT2D eigenvalue weighted by atomic mass is 10.2. The number of nitriles is 1. The van der Waals surface area contributed by atoms with Gasteiger partial charge in [0.25, 0.3) is 0 Å². The van der Waals surface area contributed by atoms with Gasteiger partial charge in [-0.2, -0.15) is 5.26 Å². The summed E-state index contributed by atoms with van der Waals surface area (Å²) >= 11 is 0. The van der Waals surface area contributed by atoms with Crippen LogP contribution in [0.1, 0.15) is 0 Å². The van der Waals surface area contributed by atoms with Crippen LogP contribution in [0.15, 0.2) is 48.5 Å². The summed E-state index contributed by atoms with van der Waals surface area (Å²) in [6.07, 6.45) is 2.11. The third-order valence-corrected chi connectivity index (χ3v) is 3.01. The molecule has 4 heteroatoms. The van der Waals surface area contributed by atoms with Crippen LogP contribution in [0.25, 0.3) is 0 Å². The molecule has 1 aliphatic rings.